The summed E-state index contributed by atoms with van der Waals surface area (Å²) in [6.07, 6.45) is 0. The number of esters is 1. The van der Waals surface area contributed by atoms with Gasteiger partial charge in [-0.15, -0.1) is 0 Å². The smallest absolute Gasteiger partial charge is 0.339 e. The molecule has 2 aromatic rings. The van der Waals surface area contributed by atoms with E-state index in [1.165, 1.54) is 25.3 Å². The van der Waals surface area contributed by atoms with Gasteiger partial charge in [0.05, 0.1) is 23.3 Å². The number of carbonyl (C=O) groups excluding carboxylic acids is 1. The third kappa shape index (κ3) is 4.13. The van der Waals surface area contributed by atoms with Crippen molar-refractivity contribution in [2.45, 2.75) is 11.8 Å². The molecular weight excluding hydrogens is 450 g/mol. The quantitative estimate of drug-likeness (QED) is 0.694. The van der Waals surface area contributed by atoms with E-state index in [0.29, 0.717) is 14.6 Å². The molecule has 0 atom stereocenters. The van der Waals surface area contributed by atoms with Crippen LogP contribution in [0, 0.1) is 6.92 Å². The van der Waals surface area contributed by atoms with Crippen LogP contribution < -0.4 is 4.72 Å². The van der Waals surface area contributed by atoms with Crippen LogP contribution >= 0.6 is 31.9 Å². The average molecular weight is 463 g/mol. The van der Waals surface area contributed by atoms with E-state index in [1.54, 1.807) is 18.2 Å². The van der Waals surface area contributed by atoms with Crippen molar-refractivity contribution in [2.24, 2.45) is 0 Å². The fourth-order valence-electron chi connectivity index (χ4n) is 1.84. The monoisotopic (exact) mass is 461 g/mol. The van der Waals surface area contributed by atoms with Gasteiger partial charge in [0.15, 0.2) is 0 Å². The maximum Gasteiger partial charge on any atom is 0.339 e. The average Bonchev–Trinajstić information content (AvgIpc) is 2.49. The fraction of sp³-hybridized carbons (Fsp3) is 0.133. The molecular formula is C15H13Br2NO4S. The predicted molar refractivity (Wildman–Crippen MR) is 95.2 cm³/mol. The third-order valence-corrected chi connectivity index (χ3v) is 5.73. The summed E-state index contributed by atoms with van der Waals surface area (Å²) in [4.78, 5) is 11.7. The number of carbonyl (C=O) groups is 1. The largest absolute Gasteiger partial charge is 0.465 e. The minimum atomic E-state index is -3.84. The van der Waals surface area contributed by atoms with Gasteiger partial charge in [-0.3, -0.25) is 4.72 Å². The van der Waals surface area contributed by atoms with Gasteiger partial charge in [0.1, 0.15) is 0 Å². The molecule has 0 amide bonds. The molecule has 0 saturated heterocycles. The molecule has 0 aromatic heterocycles. The molecule has 0 aliphatic heterocycles. The summed E-state index contributed by atoms with van der Waals surface area (Å²) >= 11 is 6.53. The molecule has 0 radical (unpaired) electrons. The zero-order valence-electron chi connectivity index (χ0n) is 12.3. The van der Waals surface area contributed by atoms with Crippen LogP contribution in [0.2, 0.25) is 0 Å². The summed E-state index contributed by atoms with van der Waals surface area (Å²) in [6, 6.07) is 9.42. The van der Waals surface area contributed by atoms with Crippen molar-refractivity contribution in [3.05, 3.63) is 56.5 Å². The van der Waals surface area contributed by atoms with Crippen LogP contribution in [0.1, 0.15) is 15.9 Å². The maximum absolute atomic E-state index is 12.5. The van der Waals surface area contributed by atoms with Crippen molar-refractivity contribution in [1.29, 1.82) is 0 Å². The Kier molecular flexibility index (Phi) is 5.49. The van der Waals surface area contributed by atoms with E-state index >= 15 is 0 Å². The first kappa shape index (κ1) is 18.0. The van der Waals surface area contributed by atoms with Gasteiger partial charge in [-0.1, -0.05) is 6.07 Å². The first-order valence-electron chi connectivity index (χ1n) is 6.41. The topological polar surface area (TPSA) is 72.5 Å². The van der Waals surface area contributed by atoms with Crippen LogP contribution in [0.3, 0.4) is 0 Å². The number of nitrogens with one attached hydrogen (secondary N) is 1. The highest BCUT2D eigenvalue weighted by atomic mass is 79.9. The van der Waals surface area contributed by atoms with Crippen LogP contribution in [-0.2, 0) is 14.8 Å². The molecule has 0 saturated carbocycles. The summed E-state index contributed by atoms with van der Waals surface area (Å²) in [5, 5.41) is 0. The summed E-state index contributed by atoms with van der Waals surface area (Å²) in [7, 11) is -2.60. The number of ether oxygens (including phenoxy) is 1. The molecule has 0 fully saturated rings. The molecule has 0 aliphatic carbocycles. The number of hydrogen-bond acceptors (Lipinski definition) is 4. The lowest BCUT2D eigenvalue weighted by atomic mass is 10.2. The molecule has 0 unspecified atom stereocenters. The Hall–Kier alpha value is -1.38. The number of hydrogen-bond donors (Lipinski definition) is 1. The molecule has 23 heavy (non-hydrogen) atoms. The number of benzene rings is 2. The van der Waals surface area contributed by atoms with Gasteiger partial charge in [-0.05, 0) is 74.7 Å². The van der Waals surface area contributed by atoms with E-state index in [9.17, 15) is 13.2 Å². The van der Waals surface area contributed by atoms with E-state index in [2.05, 4.69) is 41.3 Å². The van der Waals surface area contributed by atoms with Crippen LogP contribution in [0.25, 0.3) is 0 Å². The van der Waals surface area contributed by atoms with Crippen molar-refractivity contribution in [2.75, 3.05) is 11.8 Å². The molecule has 0 aliphatic rings. The molecule has 0 heterocycles. The summed E-state index contributed by atoms with van der Waals surface area (Å²) in [5.74, 6) is -0.620. The predicted octanol–water partition coefficient (Wildman–Crippen LogP) is 4.11. The minimum absolute atomic E-state index is 0.0337. The highest BCUT2D eigenvalue weighted by Gasteiger charge is 2.20. The Bertz CT molecular complexity index is 866. The van der Waals surface area contributed by atoms with Gasteiger partial charge in [-0.25, -0.2) is 13.2 Å². The van der Waals surface area contributed by atoms with Crippen molar-refractivity contribution in [3.63, 3.8) is 0 Å². The lowest BCUT2D eigenvalue weighted by Gasteiger charge is -2.11. The van der Waals surface area contributed by atoms with Crippen LogP contribution in [0.15, 0.2) is 50.2 Å². The lowest BCUT2D eigenvalue weighted by Crippen LogP contribution is -2.14. The fourth-order valence-corrected chi connectivity index (χ4v) is 4.08. The number of methoxy groups -OCH3 is 1. The second-order valence-electron chi connectivity index (χ2n) is 4.72. The highest BCUT2D eigenvalue weighted by Crippen LogP contribution is 2.27. The van der Waals surface area contributed by atoms with Gasteiger partial charge in [0.2, 0.25) is 0 Å². The molecule has 1 N–H and O–H groups in total. The standard InChI is InChI=1S/C15H13Br2NO4S/c1-9-3-6-14(13(17)7-9)18-23(20,21)10-4-5-12(16)11(8-10)15(19)22-2/h3-8,18H,1-2H3. The molecule has 0 bridgehead atoms. The molecule has 8 heteroatoms. The Morgan fingerprint density at radius 3 is 2.39 bits per heavy atom. The number of rotatable bonds is 4. The SMILES string of the molecule is COC(=O)c1cc(S(=O)(=O)Nc2ccc(C)cc2Br)ccc1Br. The van der Waals surface area contributed by atoms with Gasteiger partial charge in [-0.2, -0.15) is 0 Å². The second-order valence-corrected chi connectivity index (χ2v) is 8.11. The summed E-state index contributed by atoms with van der Waals surface area (Å²) < 4.78 is 33.3. The minimum Gasteiger partial charge on any atom is -0.465 e. The second kappa shape index (κ2) is 7.02. The molecule has 122 valence electrons. The van der Waals surface area contributed by atoms with E-state index in [4.69, 9.17) is 0 Å². The zero-order valence-corrected chi connectivity index (χ0v) is 16.2. The highest BCUT2D eigenvalue weighted by molar-refractivity contribution is 9.11. The van der Waals surface area contributed by atoms with Gasteiger partial charge < -0.3 is 4.74 Å². The van der Waals surface area contributed by atoms with E-state index in [1.807, 2.05) is 6.92 Å². The van der Waals surface area contributed by atoms with Crippen molar-refractivity contribution >= 4 is 53.5 Å². The normalized spacial score (nSPS) is 11.1. The van der Waals surface area contributed by atoms with Crippen molar-refractivity contribution < 1.29 is 17.9 Å². The Morgan fingerprint density at radius 2 is 1.78 bits per heavy atom. The van der Waals surface area contributed by atoms with Crippen LogP contribution in [-0.4, -0.2) is 21.5 Å². The molecule has 2 aromatic carbocycles. The zero-order chi connectivity index (χ0) is 17.2. The summed E-state index contributed by atoms with van der Waals surface area (Å²) in [6.45, 7) is 1.90. The lowest BCUT2D eigenvalue weighted by molar-refractivity contribution is 0.0599. The first-order valence-corrected chi connectivity index (χ1v) is 9.48. The number of halogens is 2. The Labute approximate surface area is 151 Å². The number of sulfonamides is 1. The van der Waals surface area contributed by atoms with Crippen molar-refractivity contribution in [3.8, 4) is 0 Å². The summed E-state index contributed by atoms with van der Waals surface area (Å²) in [5.41, 5.74) is 1.55. The molecule has 5 nitrogen and oxygen atoms in total. The van der Waals surface area contributed by atoms with Gasteiger partial charge in [0.25, 0.3) is 10.0 Å². The Morgan fingerprint density at radius 1 is 1.09 bits per heavy atom. The number of anilines is 1. The van der Waals surface area contributed by atoms with E-state index < -0.39 is 16.0 Å². The molecule has 2 rings (SSSR count). The van der Waals surface area contributed by atoms with Crippen LogP contribution in [0.4, 0.5) is 5.69 Å². The van der Waals surface area contributed by atoms with Crippen molar-refractivity contribution in [1.82, 2.24) is 0 Å². The first-order chi connectivity index (χ1) is 10.7. The number of aryl methyl sites for hydroxylation is 1. The molecule has 0 spiro atoms. The third-order valence-electron chi connectivity index (χ3n) is 3.02. The van der Waals surface area contributed by atoms with Gasteiger partial charge >= 0.3 is 5.97 Å². The van der Waals surface area contributed by atoms with E-state index in [0.717, 1.165) is 5.56 Å². The Balaban J connectivity index is 2.42. The van der Waals surface area contributed by atoms with Gasteiger partial charge in [0, 0.05) is 8.95 Å². The van der Waals surface area contributed by atoms with E-state index in [-0.39, 0.29) is 10.5 Å². The van der Waals surface area contributed by atoms with Crippen LogP contribution in [0.5, 0.6) is 0 Å². The maximum atomic E-state index is 12.5.